The van der Waals surface area contributed by atoms with Crippen molar-refractivity contribution in [2.45, 2.75) is 19.6 Å². The van der Waals surface area contributed by atoms with E-state index in [1.54, 1.807) is 18.2 Å². The smallest absolute Gasteiger partial charge is 0.387 e. The standard InChI is InChI=1S/C18H17F2N3O5/c1-10(15(24)23-18(21)26)27-16(25)13-4-2-3-5-14(13)22-11-6-8-12(9-7-11)28-17(19)20/h2-10,17,22H,1H3,(H3,21,23,24,26). The number of imide groups is 1. The maximum absolute atomic E-state index is 12.4. The molecule has 2 aromatic rings. The number of nitrogens with two attached hydrogens (primary N) is 1. The van der Waals surface area contributed by atoms with Crippen molar-refractivity contribution in [2.75, 3.05) is 5.32 Å². The van der Waals surface area contributed by atoms with Crippen LogP contribution in [0, 0.1) is 0 Å². The number of alkyl halides is 2. The molecule has 0 aliphatic rings. The lowest BCUT2D eigenvalue weighted by molar-refractivity contribution is -0.127. The number of hydrogen-bond acceptors (Lipinski definition) is 6. The number of urea groups is 1. The Kier molecular flexibility index (Phi) is 6.85. The normalized spacial score (nSPS) is 11.4. The molecule has 148 valence electrons. The number of para-hydroxylation sites is 1. The molecule has 0 radical (unpaired) electrons. The topological polar surface area (TPSA) is 120 Å². The molecule has 10 heteroatoms. The Balaban J connectivity index is 2.10. The highest BCUT2D eigenvalue weighted by molar-refractivity contribution is 6.00. The minimum absolute atomic E-state index is 0.0115. The summed E-state index contributed by atoms with van der Waals surface area (Å²) in [5, 5.41) is 4.76. The second-order valence-corrected chi connectivity index (χ2v) is 5.47. The Morgan fingerprint density at radius 3 is 2.29 bits per heavy atom. The number of carbonyl (C=O) groups is 3. The molecular weight excluding hydrogens is 376 g/mol. The van der Waals surface area contributed by atoms with E-state index < -0.39 is 30.6 Å². The van der Waals surface area contributed by atoms with Crippen LogP contribution in [0.25, 0.3) is 0 Å². The van der Waals surface area contributed by atoms with Gasteiger partial charge in [0.1, 0.15) is 5.75 Å². The molecule has 4 N–H and O–H groups in total. The van der Waals surface area contributed by atoms with E-state index in [1.807, 2.05) is 5.32 Å². The highest BCUT2D eigenvalue weighted by Crippen LogP contribution is 2.24. The van der Waals surface area contributed by atoms with Gasteiger partial charge in [0.2, 0.25) is 0 Å². The van der Waals surface area contributed by atoms with Gasteiger partial charge >= 0.3 is 18.6 Å². The van der Waals surface area contributed by atoms with Crippen LogP contribution < -0.4 is 21.1 Å². The molecule has 2 rings (SSSR count). The fraction of sp³-hybridized carbons (Fsp3) is 0.167. The van der Waals surface area contributed by atoms with Crippen LogP contribution in [0.2, 0.25) is 0 Å². The van der Waals surface area contributed by atoms with E-state index >= 15 is 0 Å². The summed E-state index contributed by atoms with van der Waals surface area (Å²) < 4.78 is 33.7. The molecule has 0 heterocycles. The van der Waals surface area contributed by atoms with Gasteiger partial charge in [-0.1, -0.05) is 12.1 Å². The van der Waals surface area contributed by atoms with Gasteiger partial charge in [-0.3, -0.25) is 10.1 Å². The van der Waals surface area contributed by atoms with Crippen molar-refractivity contribution in [2.24, 2.45) is 5.73 Å². The van der Waals surface area contributed by atoms with E-state index in [9.17, 15) is 23.2 Å². The van der Waals surface area contributed by atoms with Crippen LogP contribution in [0.5, 0.6) is 5.75 Å². The molecule has 0 bridgehead atoms. The minimum Gasteiger partial charge on any atom is -0.449 e. The van der Waals surface area contributed by atoms with Crippen LogP contribution in [0.15, 0.2) is 48.5 Å². The summed E-state index contributed by atoms with van der Waals surface area (Å²) in [6.07, 6.45) is -1.25. The Morgan fingerprint density at radius 1 is 1.04 bits per heavy atom. The highest BCUT2D eigenvalue weighted by atomic mass is 19.3. The number of primary amides is 1. The zero-order valence-corrected chi connectivity index (χ0v) is 14.6. The largest absolute Gasteiger partial charge is 0.449 e. The molecule has 0 aliphatic heterocycles. The quantitative estimate of drug-likeness (QED) is 0.622. The number of ether oxygens (including phenoxy) is 2. The molecule has 1 unspecified atom stereocenters. The predicted molar refractivity (Wildman–Crippen MR) is 95.4 cm³/mol. The van der Waals surface area contributed by atoms with E-state index in [4.69, 9.17) is 10.5 Å². The Bertz CT molecular complexity index is 859. The van der Waals surface area contributed by atoms with Crippen LogP contribution in [0.4, 0.5) is 25.0 Å². The first-order valence-corrected chi connectivity index (χ1v) is 7.98. The molecule has 28 heavy (non-hydrogen) atoms. The number of halogens is 2. The summed E-state index contributed by atoms with van der Waals surface area (Å²) in [6.45, 7) is -1.64. The van der Waals surface area contributed by atoms with E-state index in [1.165, 1.54) is 37.3 Å². The third-order valence-corrected chi connectivity index (χ3v) is 3.40. The van der Waals surface area contributed by atoms with Gasteiger partial charge in [0.15, 0.2) is 6.10 Å². The molecule has 3 amide bonds. The number of amides is 3. The number of esters is 1. The number of benzene rings is 2. The van der Waals surface area contributed by atoms with Gasteiger partial charge in [-0.05, 0) is 43.3 Å². The van der Waals surface area contributed by atoms with Crippen LogP contribution in [0.3, 0.4) is 0 Å². The third-order valence-electron chi connectivity index (χ3n) is 3.40. The van der Waals surface area contributed by atoms with Crippen molar-refractivity contribution in [1.29, 1.82) is 0 Å². The molecule has 0 aliphatic carbocycles. The van der Waals surface area contributed by atoms with E-state index in [0.29, 0.717) is 11.4 Å². The SMILES string of the molecule is CC(OC(=O)c1ccccc1Nc1ccc(OC(F)F)cc1)C(=O)NC(N)=O. The predicted octanol–water partition coefficient (Wildman–Crippen LogP) is 2.77. The molecule has 0 saturated heterocycles. The van der Waals surface area contributed by atoms with Crippen molar-refractivity contribution >= 4 is 29.3 Å². The van der Waals surface area contributed by atoms with E-state index in [-0.39, 0.29) is 11.3 Å². The summed E-state index contributed by atoms with van der Waals surface area (Å²) in [6, 6.07) is 10.9. The van der Waals surface area contributed by atoms with Crippen molar-refractivity contribution in [3.05, 3.63) is 54.1 Å². The summed E-state index contributed by atoms with van der Waals surface area (Å²) >= 11 is 0. The molecule has 0 spiro atoms. The Labute approximate surface area is 158 Å². The fourth-order valence-electron chi connectivity index (χ4n) is 2.15. The lowest BCUT2D eigenvalue weighted by Gasteiger charge is -2.15. The molecule has 0 aromatic heterocycles. The lowest BCUT2D eigenvalue weighted by atomic mass is 10.1. The zero-order chi connectivity index (χ0) is 20.7. The van der Waals surface area contributed by atoms with Crippen molar-refractivity contribution in [3.63, 3.8) is 0 Å². The number of hydrogen-bond donors (Lipinski definition) is 3. The number of carbonyl (C=O) groups excluding carboxylic acids is 3. The zero-order valence-electron chi connectivity index (χ0n) is 14.6. The summed E-state index contributed by atoms with van der Waals surface area (Å²) in [5.41, 5.74) is 5.83. The average Bonchev–Trinajstić information content (AvgIpc) is 2.62. The van der Waals surface area contributed by atoms with Crippen molar-refractivity contribution < 1.29 is 32.6 Å². The maximum Gasteiger partial charge on any atom is 0.387 e. The summed E-state index contributed by atoms with van der Waals surface area (Å²) in [5.74, 6) is -1.68. The lowest BCUT2D eigenvalue weighted by Crippen LogP contribution is -2.42. The van der Waals surface area contributed by atoms with Gasteiger partial charge in [0.25, 0.3) is 5.91 Å². The van der Waals surface area contributed by atoms with Crippen molar-refractivity contribution in [1.82, 2.24) is 5.32 Å². The van der Waals surface area contributed by atoms with Gasteiger partial charge in [-0.15, -0.1) is 0 Å². The van der Waals surface area contributed by atoms with Gasteiger partial charge in [-0.25, -0.2) is 9.59 Å². The minimum atomic E-state index is -2.93. The number of rotatable bonds is 7. The van der Waals surface area contributed by atoms with Crippen LogP contribution >= 0.6 is 0 Å². The molecular formula is C18H17F2N3O5. The summed E-state index contributed by atoms with van der Waals surface area (Å²) in [7, 11) is 0. The third kappa shape index (κ3) is 5.94. The molecule has 0 fully saturated rings. The molecule has 8 nitrogen and oxygen atoms in total. The molecule has 1 atom stereocenters. The first-order valence-electron chi connectivity index (χ1n) is 7.98. The fourth-order valence-corrected chi connectivity index (χ4v) is 2.15. The second kappa shape index (κ2) is 9.31. The number of anilines is 2. The van der Waals surface area contributed by atoms with E-state index in [2.05, 4.69) is 10.1 Å². The van der Waals surface area contributed by atoms with Gasteiger partial charge < -0.3 is 20.5 Å². The summed E-state index contributed by atoms with van der Waals surface area (Å²) in [4.78, 5) is 34.7. The Hall–Kier alpha value is -3.69. The first kappa shape index (κ1) is 20.6. The monoisotopic (exact) mass is 393 g/mol. The second-order valence-electron chi connectivity index (χ2n) is 5.47. The van der Waals surface area contributed by atoms with Crippen LogP contribution in [-0.4, -0.2) is 30.6 Å². The molecule has 2 aromatic carbocycles. The first-order chi connectivity index (χ1) is 13.3. The maximum atomic E-state index is 12.4. The van der Waals surface area contributed by atoms with Gasteiger partial charge in [-0.2, -0.15) is 8.78 Å². The number of nitrogens with one attached hydrogen (secondary N) is 2. The highest BCUT2D eigenvalue weighted by Gasteiger charge is 2.21. The molecule has 0 saturated carbocycles. The van der Waals surface area contributed by atoms with Crippen LogP contribution in [-0.2, 0) is 9.53 Å². The van der Waals surface area contributed by atoms with Gasteiger partial charge in [0, 0.05) is 5.69 Å². The van der Waals surface area contributed by atoms with E-state index in [0.717, 1.165) is 0 Å². The van der Waals surface area contributed by atoms with Gasteiger partial charge in [0.05, 0.1) is 11.3 Å². The van der Waals surface area contributed by atoms with Crippen molar-refractivity contribution in [3.8, 4) is 5.75 Å². The van der Waals surface area contributed by atoms with Crippen LogP contribution in [0.1, 0.15) is 17.3 Å². The Morgan fingerprint density at radius 2 is 1.68 bits per heavy atom. The average molecular weight is 393 g/mol.